The number of rotatable bonds is 2. The van der Waals surface area contributed by atoms with Gasteiger partial charge in [-0.15, -0.1) is 0 Å². The van der Waals surface area contributed by atoms with Crippen molar-refractivity contribution in [1.29, 1.82) is 0 Å². The summed E-state index contributed by atoms with van der Waals surface area (Å²) in [7, 11) is 0. The Hall–Kier alpha value is -2.34. The first-order valence-corrected chi connectivity index (χ1v) is 7.60. The SMILES string of the molecule is CC(C)C1COC(=O)N1C(=O)c1c[nH]c2c(Cl)cccc2c1=O. The molecule has 2 amide bonds. The monoisotopic (exact) mass is 334 g/mol. The van der Waals surface area contributed by atoms with E-state index >= 15 is 0 Å². The van der Waals surface area contributed by atoms with Crippen molar-refractivity contribution in [2.45, 2.75) is 19.9 Å². The molecule has 1 aliphatic heterocycles. The number of H-pyrrole nitrogens is 1. The summed E-state index contributed by atoms with van der Waals surface area (Å²) in [5, 5.41) is 0.691. The minimum absolute atomic E-state index is 0.0272. The fraction of sp³-hybridized carbons (Fsp3) is 0.312. The van der Waals surface area contributed by atoms with Crippen molar-refractivity contribution < 1.29 is 14.3 Å². The maximum Gasteiger partial charge on any atom is 0.417 e. The van der Waals surface area contributed by atoms with Crippen molar-refractivity contribution >= 4 is 34.5 Å². The van der Waals surface area contributed by atoms with Gasteiger partial charge < -0.3 is 9.72 Å². The number of pyridine rings is 1. The van der Waals surface area contributed by atoms with Gasteiger partial charge in [0.05, 0.1) is 16.6 Å². The molecule has 1 atom stereocenters. The van der Waals surface area contributed by atoms with Crippen molar-refractivity contribution in [1.82, 2.24) is 9.88 Å². The van der Waals surface area contributed by atoms with E-state index in [9.17, 15) is 14.4 Å². The second-order valence-corrected chi connectivity index (χ2v) is 6.16. The number of fused-ring (bicyclic) bond motifs is 1. The number of aromatic amines is 1. The molecule has 1 aliphatic rings. The summed E-state index contributed by atoms with van der Waals surface area (Å²) < 4.78 is 4.96. The van der Waals surface area contributed by atoms with Crippen LogP contribution in [0.25, 0.3) is 10.9 Å². The van der Waals surface area contributed by atoms with Crippen LogP contribution in [0, 0.1) is 5.92 Å². The van der Waals surface area contributed by atoms with E-state index in [1.54, 1.807) is 18.2 Å². The third-order valence-corrected chi connectivity index (χ3v) is 4.30. The van der Waals surface area contributed by atoms with Gasteiger partial charge in [-0.1, -0.05) is 31.5 Å². The Morgan fingerprint density at radius 3 is 2.83 bits per heavy atom. The molecule has 2 aromatic rings. The zero-order valence-electron chi connectivity index (χ0n) is 12.6. The molecular weight excluding hydrogens is 320 g/mol. The number of nitrogens with one attached hydrogen (secondary N) is 1. The summed E-state index contributed by atoms with van der Waals surface area (Å²) in [6.07, 6.45) is 0.571. The number of carbonyl (C=O) groups excluding carboxylic acids is 2. The number of ether oxygens (including phenoxy) is 1. The van der Waals surface area contributed by atoms with Gasteiger partial charge in [-0.25, -0.2) is 9.69 Å². The molecule has 3 rings (SSSR count). The molecule has 120 valence electrons. The van der Waals surface area contributed by atoms with Crippen LogP contribution in [0.5, 0.6) is 0 Å². The molecule has 0 bridgehead atoms. The molecule has 2 heterocycles. The predicted molar refractivity (Wildman–Crippen MR) is 85.7 cm³/mol. The molecule has 0 spiro atoms. The molecule has 1 saturated heterocycles. The Balaban J connectivity index is 2.10. The fourth-order valence-corrected chi connectivity index (χ4v) is 2.89. The third kappa shape index (κ3) is 2.49. The van der Waals surface area contributed by atoms with Crippen molar-refractivity contribution in [3.8, 4) is 0 Å². The van der Waals surface area contributed by atoms with E-state index in [0.717, 1.165) is 4.90 Å². The minimum Gasteiger partial charge on any atom is -0.447 e. The number of benzene rings is 1. The van der Waals surface area contributed by atoms with Crippen molar-refractivity contribution in [2.75, 3.05) is 6.61 Å². The highest BCUT2D eigenvalue weighted by Crippen LogP contribution is 2.23. The van der Waals surface area contributed by atoms with Gasteiger partial charge in [-0.2, -0.15) is 0 Å². The summed E-state index contributed by atoms with van der Waals surface area (Å²) in [6, 6.07) is 4.48. The lowest BCUT2D eigenvalue weighted by atomic mass is 10.0. The molecule has 23 heavy (non-hydrogen) atoms. The number of imide groups is 1. The van der Waals surface area contributed by atoms with Crippen molar-refractivity contribution in [2.24, 2.45) is 5.92 Å². The van der Waals surface area contributed by atoms with Crippen LogP contribution in [0.3, 0.4) is 0 Å². The molecule has 7 heteroatoms. The van der Waals surface area contributed by atoms with Gasteiger partial charge >= 0.3 is 6.09 Å². The highest BCUT2D eigenvalue weighted by atomic mass is 35.5. The van der Waals surface area contributed by atoms with Crippen LogP contribution in [0.4, 0.5) is 4.79 Å². The summed E-state index contributed by atoms with van der Waals surface area (Å²) in [4.78, 5) is 41.0. The molecule has 0 radical (unpaired) electrons. The van der Waals surface area contributed by atoms with Crippen LogP contribution in [0.15, 0.2) is 29.2 Å². The van der Waals surface area contributed by atoms with E-state index in [0.29, 0.717) is 15.9 Å². The maximum absolute atomic E-state index is 12.7. The quantitative estimate of drug-likeness (QED) is 0.915. The largest absolute Gasteiger partial charge is 0.447 e. The number of cyclic esters (lactones) is 1. The molecule has 1 aromatic heterocycles. The Morgan fingerprint density at radius 1 is 1.39 bits per heavy atom. The number of aromatic nitrogens is 1. The average Bonchev–Trinajstić information content (AvgIpc) is 2.90. The highest BCUT2D eigenvalue weighted by Gasteiger charge is 2.40. The van der Waals surface area contributed by atoms with Gasteiger partial charge in [0.15, 0.2) is 0 Å². The van der Waals surface area contributed by atoms with Crippen molar-refractivity contribution in [3.63, 3.8) is 0 Å². The fourth-order valence-electron chi connectivity index (χ4n) is 2.66. The number of hydrogen-bond acceptors (Lipinski definition) is 4. The molecule has 1 aromatic carbocycles. The third-order valence-electron chi connectivity index (χ3n) is 3.99. The van der Waals surface area contributed by atoms with E-state index in [2.05, 4.69) is 4.98 Å². The minimum atomic E-state index is -0.723. The van der Waals surface area contributed by atoms with Crippen LogP contribution in [-0.4, -0.2) is 34.5 Å². The van der Waals surface area contributed by atoms with E-state index in [-0.39, 0.29) is 24.1 Å². The first kappa shape index (κ1) is 15.6. The maximum atomic E-state index is 12.7. The molecule has 0 saturated carbocycles. The number of carbonyl (C=O) groups is 2. The summed E-state index contributed by atoms with van der Waals surface area (Å²) in [6.45, 7) is 3.91. The molecule has 1 fully saturated rings. The predicted octanol–water partition coefficient (Wildman–Crippen LogP) is 2.80. The highest BCUT2D eigenvalue weighted by molar-refractivity contribution is 6.35. The topological polar surface area (TPSA) is 79.5 Å². The Bertz CT molecular complexity index is 859. The second-order valence-electron chi connectivity index (χ2n) is 5.76. The molecule has 1 N–H and O–H groups in total. The van der Waals surface area contributed by atoms with Crippen LogP contribution < -0.4 is 5.43 Å². The molecule has 1 unspecified atom stereocenters. The summed E-state index contributed by atoms with van der Waals surface area (Å²) in [5.41, 5.74) is -0.113. The summed E-state index contributed by atoms with van der Waals surface area (Å²) >= 11 is 6.04. The van der Waals surface area contributed by atoms with Crippen LogP contribution in [-0.2, 0) is 4.74 Å². The number of hydrogen-bond donors (Lipinski definition) is 1. The lowest BCUT2D eigenvalue weighted by molar-refractivity contribution is 0.0750. The van der Waals surface area contributed by atoms with Gasteiger partial charge in [0.25, 0.3) is 5.91 Å². The Kier molecular flexibility index (Phi) is 3.85. The number of para-hydroxylation sites is 1. The standard InChI is InChI=1S/C16H15ClN2O4/c1-8(2)12-7-23-16(22)19(12)15(21)10-6-18-13-9(14(10)20)4-3-5-11(13)17/h3-6,8,12H,7H2,1-2H3,(H,18,20). The number of amides is 2. The second kappa shape index (κ2) is 5.70. The number of halogens is 1. The molecule has 6 nitrogen and oxygen atoms in total. The Morgan fingerprint density at radius 2 is 2.13 bits per heavy atom. The van der Waals surface area contributed by atoms with Gasteiger partial charge in [-0.3, -0.25) is 9.59 Å². The van der Waals surface area contributed by atoms with Crippen LogP contribution >= 0.6 is 11.6 Å². The van der Waals surface area contributed by atoms with Crippen LogP contribution in [0.2, 0.25) is 5.02 Å². The van der Waals surface area contributed by atoms with Crippen molar-refractivity contribution in [3.05, 3.63) is 45.2 Å². The average molecular weight is 335 g/mol. The van der Waals surface area contributed by atoms with E-state index < -0.39 is 17.4 Å². The smallest absolute Gasteiger partial charge is 0.417 e. The molecule has 0 aliphatic carbocycles. The number of nitrogens with zero attached hydrogens (tertiary/aromatic N) is 1. The van der Waals surface area contributed by atoms with E-state index in [4.69, 9.17) is 16.3 Å². The Labute approximate surface area is 137 Å². The van der Waals surface area contributed by atoms with E-state index in [1.807, 2.05) is 13.8 Å². The first-order valence-electron chi connectivity index (χ1n) is 7.22. The zero-order valence-corrected chi connectivity index (χ0v) is 13.4. The lowest BCUT2D eigenvalue weighted by Crippen LogP contribution is -2.43. The first-order chi connectivity index (χ1) is 10.9. The lowest BCUT2D eigenvalue weighted by Gasteiger charge is -2.22. The zero-order chi connectivity index (χ0) is 16.7. The summed E-state index contributed by atoms with van der Waals surface area (Å²) in [5.74, 6) is -0.631. The van der Waals surface area contributed by atoms with Gasteiger partial charge in [0.1, 0.15) is 12.2 Å². The van der Waals surface area contributed by atoms with Gasteiger partial charge in [0.2, 0.25) is 5.43 Å². The van der Waals surface area contributed by atoms with Crippen LogP contribution in [0.1, 0.15) is 24.2 Å². The normalized spacial score (nSPS) is 17.8. The van der Waals surface area contributed by atoms with Gasteiger partial charge in [0, 0.05) is 11.6 Å². The molecular formula is C16H15ClN2O4. The van der Waals surface area contributed by atoms with E-state index in [1.165, 1.54) is 6.20 Å². The van der Waals surface area contributed by atoms with Gasteiger partial charge in [-0.05, 0) is 18.1 Å².